The molecule has 2 aromatic carbocycles. The minimum Gasteiger partial charge on any atom is -0.325 e. The number of amides is 2. The van der Waals surface area contributed by atoms with Crippen molar-refractivity contribution in [2.75, 3.05) is 18.4 Å². The maximum Gasteiger partial charge on any atom is 0.321 e. The number of hydrogen-bond donors (Lipinski definition) is 1. The second kappa shape index (κ2) is 7.94. The molecule has 1 saturated carbocycles. The lowest BCUT2D eigenvalue weighted by Gasteiger charge is -2.32. The van der Waals surface area contributed by atoms with E-state index in [1.165, 1.54) is 24.8 Å². The third kappa shape index (κ3) is 4.27. The van der Waals surface area contributed by atoms with Gasteiger partial charge < -0.3 is 10.2 Å². The maximum absolute atomic E-state index is 12.4. The SMILES string of the molecule is O=C(Nc1ccccc1)N1CCC(CC[C@H]2CC2c2ccccc2)CC1. The molecule has 1 heterocycles. The Kier molecular flexibility index (Phi) is 5.24. The number of urea groups is 1. The van der Waals surface area contributed by atoms with Crippen LogP contribution in [0.25, 0.3) is 0 Å². The molecule has 1 N–H and O–H groups in total. The number of nitrogens with one attached hydrogen (secondary N) is 1. The second-order valence-corrected chi connectivity index (χ2v) is 7.82. The van der Waals surface area contributed by atoms with Gasteiger partial charge in [-0.05, 0) is 61.1 Å². The fourth-order valence-electron chi connectivity index (χ4n) is 4.27. The number of hydrogen-bond acceptors (Lipinski definition) is 1. The number of carbonyl (C=O) groups excluding carboxylic acids is 1. The molecule has 3 nitrogen and oxygen atoms in total. The second-order valence-electron chi connectivity index (χ2n) is 7.82. The standard InChI is InChI=1S/C23H28N2O/c26-23(24-21-9-5-2-6-10-21)25-15-13-18(14-16-25)11-12-20-17-22(20)19-7-3-1-4-8-19/h1-10,18,20,22H,11-17H2,(H,24,26)/t20-,22?/m0/s1. The number of para-hydroxylation sites is 1. The van der Waals surface area contributed by atoms with Gasteiger partial charge in [0.15, 0.2) is 0 Å². The van der Waals surface area contributed by atoms with Gasteiger partial charge in [-0.25, -0.2) is 4.79 Å². The van der Waals surface area contributed by atoms with E-state index >= 15 is 0 Å². The summed E-state index contributed by atoms with van der Waals surface area (Å²) in [5.74, 6) is 2.47. The number of anilines is 1. The fraction of sp³-hybridized carbons (Fsp3) is 0.435. The molecule has 0 aromatic heterocycles. The average Bonchev–Trinajstić information content (AvgIpc) is 3.48. The lowest BCUT2D eigenvalue weighted by Crippen LogP contribution is -2.41. The van der Waals surface area contributed by atoms with Crippen LogP contribution >= 0.6 is 0 Å². The average molecular weight is 348 g/mol. The Bertz CT molecular complexity index is 708. The zero-order chi connectivity index (χ0) is 17.8. The predicted octanol–water partition coefficient (Wildman–Crippen LogP) is 5.51. The highest BCUT2D eigenvalue weighted by Gasteiger charge is 2.38. The van der Waals surface area contributed by atoms with Gasteiger partial charge in [0.25, 0.3) is 0 Å². The number of piperidine rings is 1. The molecule has 1 saturated heterocycles. The molecule has 2 atom stereocenters. The summed E-state index contributed by atoms with van der Waals surface area (Å²) >= 11 is 0. The van der Waals surface area contributed by atoms with Crippen LogP contribution in [0, 0.1) is 11.8 Å². The van der Waals surface area contributed by atoms with E-state index in [0.717, 1.165) is 49.4 Å². The van der Waals surface area contributed by atoms with E-state index < -0.39 is 0 Å². The summed E-state index contributed by atoms with van der Waals surface area (Å²) in [6.07, 6.45) is 6.32. The normalized spacial score (nSPS) is 22.8. The van der Waals surface area contributed by atoms with Gasteiger partial charge in [0, 0.05) is 18.8 Å². The molecular weight excluding hydrogens is 320 g/mol. The van der Waals surface area contributed by atoms with Crippen molar-refractivity contribution in [3.63, 3.8) is 0 Å². The van der Waals surface area contributed by atoms with E-state index in [9.17, 15) is 4.79 Å². The van der Waals surface area contributed by atoms with Crippen molar-refractivity contribution in [1.29, 1.82) is 0 Å². The summed E-state index contributed by atoms with van der Waals surface area (Å²) in [4.78, 5) is 14.3. The van der Waals surface area contributed by atoms with Crippen LogP contribution < -0.4 is 5.32 Å². The largest absolute Gasteiger partial charge is 0.325 e. The van der Waals surface area contributed by atoms with Crippen molar-refractivity contribution in [3.05, 3.63) is 66.2 Å². The topological polar surface area (TPSA) is 32.3 Å². The Morgan fingerprint density at radius 3 is 2.27 bits per heavy atom. The number of carbonyl (C=O) groups is 1. The number of nitrogens with zero attached hydrogens (tertiary/aromatic N) is 1. The van der Waals surface area contributed by atoms with Gasteiger partial charge in [0.05, 0.1) is 0 Å². The highest BCUT2D eigenvalue weighted by Crippen LogP contribution is 2.50. The van der Waals surface area contributed by atoms with Crippen LogP contribution in [0.2, 0.25) is 0 Å². The first-order valence-electron chi connectivity index (χ1n) is 9.95. The van der Waals surface area contributed by atoms with Crippen molar-refractivity contribution >= 4 is 11.7 Å². The van der Waals surface area contributed by atoms with Crippen LogP contribution in [0.3, 0.4) is 0 Å². The Labute approximate surface area is 156 Å². The van der Waals surface area contributed by atoms with Crippen molar-refractivity contribution in [2.45, 2.75) is 38.0 Å². The monoisotopic (exact) mass is 348 g/mol. The highest BCUT2D eigenvalue weighted by atomic mass is 16.2. The quantitative estimate of drug-likeness (QED) is 0.758. The lowest BCUT2D eigenvalue weighted by atomic mass is 9.91. The van der Waals surface area contributed by atoms with Gasteiger partial charge in [-0.2, -0.15) is 0 Å². The van der Waals surface area contributed by atoms with Gasteiger partial charge in [0.2, 0.25) is 0 Å². The van der Waals surface area contributed by atoms with Crippen LogP contribution in [-0.2, 0) is 0 Å². The maximum atomic E-state index is 12.4. The molecule has 1 unspecified atom stereocenters. The van der Waals surface area contributed by atoms with Crippen LogP contribution in [0.1, 0.15) is 43.6 Å². The van der Waals surface area contributed by atoms with Gasteiger partial charge in [-0.3, -0.25) is 0 Å². The first-order valence-corrected chi connectivity index (χ1v) is 9.95. The molecule has 1 aliphatic heterocycles. The summed E-state index contributed by atoms with van der Waals surface area (Å²) in [6, 6.07) is 20.7. The van der Waals surface area contributed by atoms with Crippen LogP contribution in [0.15, 0.2) is 60.7 Å². The summed E-state index contributed by atoms with van der Waals surface area (Å²) in [6.45, 7) is 1.77. The molecule has 26 heavy (non-hydrogen) atoms. The first-order chi connectivity index (χ1) is 12.8. The highest BCUT2D eigenvalue weighted by molar-refractivity contribution is 5.89. The Balaban J connectivity index is 1.17. The molecular formula is C23H28N2O. The van der Waals surface area contributed by atoms with Crippen molar-refractivity contribution in [2.24, 2.45) is 11.8 Å². The molecule has 136 valence electrons. The van der Waals surface area contributed by atoms with Crippen molar-refractivity contribution in [1.82, 2.24) is 4.90 Å². The Morgan fingerprint density at radius 2 is 1.58 bits per heavy atom. The minimum atomic E-state index is 0.0426. The van der Waals surface area contributed by atoms with Crippen molar-refractivity contribution < 1.29 is 4.79 Å². The van der Waals surface area contributed by atoms with Gasteiger partial charge in [0.1, 0.15) is 0 Å². The smallest absolute Gasteiger partial charge is 0.321 e. The van der Waals surface area contributed by atoms with E-state index in [0.29, 0.717) is 0 Å². The van der Waals surface area contributed by atoms with Crippen LogP contribution in [-0.4, -0.2) is 24.0 Å². The molecule has 2 fully saturated rings. The van der Waals surface area contributed by atoms with E-state index in [1.54, 1.807) is 0 Å². The number of likely N-dealkylation sites (tertiary alicyclic amines) is 1. The lowest BCUT2D eigenvalue weighted by molar-refractivity contribution is 0.178. The van der Waals surface area contributed by atoms with E-state index in [-0.39, 0.29) is 6.03 Å². The molecule has 2 amide bonds. The van der Waals surface area contributed by atoms with Gasteiger partial charge >= 0.3 is 6.03 Å². The Morgan fingerprint density at radius 1 is 0.923 bits per heavy atom. The van der Waals surface area contributed by atoms with Gasteiger partial charge in [-0.15, -0.1) is 0 Å². The van der Waals surface area contributed by atoms with Gasteiger partial charge in [-0.1, -0.05) is 55.0 Å². The molecule has 1 aliphatic carbocycles. The first kappa shape index (κ1) is 17.1. The number of benzene rings is 2. The van der Waals surface area contributed by atoms with E-state index in [1.807, 2.05) is 35.2 Å². The van der Waals surface area contributed by atoms with Crippen LogP contribution in [0.5, 0.6) is 0 Å². The zero-order valence-electron chi connectivity index (χ0n) is 15.3. The number of rotatable bonds is 5. The molecule has 4 rings (SSSR count). The zero-order valence-corrected chi connectivity index (χ0v) is 15.3. The van der Waals surface area contributed by atoms with E-state index in [2.05, 4.69) is 35.6 Å². The molecule has 3 heteroatoms. The van der Waals surface area contributed by atoms with E-state index in [4.69, 9.17) is 0 Å². The molecule has 0 bridgehead atoms. The van der Waals surface area contributed by atoms with Crippen LogP contribution in [0.4, 0.5) is 10.5 Å². The Hall–Kier alpha value is -2.29. The fourth-order valence-corrected chi connectivity index (χ4v) is 4.27. The molecule has 2 aromatic rings. The molecule has 0 spiro atoms. The molecule has 2 aliphatic rings. The third-order valence-electron chi connectivity index (χ3n) is 6.02. The predicted molar refractivity (Wildman–Crippen MR) is 106 cm³/mol. The minimum absolute atomic E-state index is 0.0426. The summed E-state index contributed by atoms with van der Waals surface area (Å²) in [7, 11) is 0. The molecule has 0 radical (unpaired) electrons. The van der Waals surface area contributed by atoms with Crippen molar-refractivity contribution in [3.8, 4) is 0 Å². The summed E-state index contributed by atoms with van der Waals surface area (Å²) in [5.41, 5.74) is 2.39. The third-order valence-corrected chi connectivity index (χ3v) is 6.02. The summed E-state index contributed by atoms with van der Waals surface area (Å²) in [5, 5.41) is 3.00. The summed E-state index contributed by atoms with van der Waals surface area (Å²) < 4.78 is 0.